The van der Waals surface area contributed by atoms with Crippen molar-refractivity contribution in [3.8, 4) is 0 Å². The zero-order valence-electron chi connectivity index (χ0n) is 12.3. The van der Waals surface area contributed by atoms with Crippen molar-refractivity contribution >= 4 is 5.95 Å². The van der Waals surface area contributed by atoms with Gasteiger partial charge in [-0.25, -0.2) is 0 Å². The first-order valence-electron chi connectivity index (χ1n) is 8.16. The molecule has 2 atom stereocenters. The second-order valence-corrected chi connectivity index (χ2v) is 6.30. The normalized spacial score (nSPS) is 28.4. The van der Waals surface area contributed by atoms with E-state index in [1.165, 1.54) is 44.9 Å². The van der Waals surface area contributed by atoms with Gasteiger partial charge < -0.3 is 15.2 Å². The second-order valence-electron chi connectivity index (χ2n) is 6.30. The number of aromatic nitrogens is 2. The Morgan fingerprint density at radius 2 is 1.80 bits per heavy atom. The molecule has 0 aromatic carbocycles. The van der Waals surface area contributed by atoms with Gasteiger partial charge in [0.2, 0.25) is 5.89 Å². The van der Waals surface area contributed by atoms with E-state index >= 15 is 0 Å². The summed E-state index contributed by atoms with van der Waals surface area (Å²) in [5.74, 6) is 2.07. The van der Waals surface area contributed by atoms with Crippen LogP contribution in [0.2, 0.25) is 0 Å². The zero-order valence-corrected chi connectivity index (χ0v) is 12.3. The Morgan fingerprint density at radius 3 is 2.55 bits per heavy atom. The molecule has 112 valence electrons. The topological polar surface area (TPSA) is 68.2 Å². The minimum Gasteiger partial charge on any atom is -0.338 e. The Labute approximate surface area is 120 Å². The number of hydrogen-bond acceptors (Lipinski definition) is 5. The van der Waals surface area contributed by atoms with E-state index < -0.39 is 0 Å². The van der Waals surface area contributed by atoms with E-state index in [4.69, 9.17) is 10.3 Å². The fourth-order valence-corrected chi connectivity index (χ4v) is 3.44. The predicted octanol–water partition coefficient (Wildman–Crippen LogP) is 2.51. The van der Waals surface area contributed by atoms with Crippen LogP contribution in [0.1, 0.15) is 57.3 Å². The molecular formula is C15H26N4O. The lowest BCUT2D eigenvalue weighted by Gasteiger charge is -2.27. The van der Waals surface area contributed by atoms with E-state index in [9.17, 15) is 0 Å². The van der Waals surface area contributed by atoms with Gasteiger partial charge in [0.25, 0.3) is 5.95 Å². The summed E-state index contributed by atoms with van der Waals surface area (Å²) in [6.07, 6.45) is 10.8. The summed E-state index contributed by atoms with van der Waals surface area (Å²) in [6, 6.07) is 0.303. The summed E-state index contributed by atoms with van der Waals surface area (Å²) in [7, 11) is 0. The van der Waals surface area contributed by atoms with Crippen molar-refractivity contribution in [1.82, 2.24) is 10.1 Å². The fraction of sp³-hybridized carbons (Fsp3) is 0.867. The molecule has 1 saturated heterocycles. The Morgan fingerprint density at radius 1 is 1.05 bits per heavy atom. The van der Waals surface area contributed by atoms with Crippen LogP contribution in [0.3, 0.4) is 0 Å². The summed E-state index contributed by atoms with van der Waals surface area (Å²) >= 11 is 0. The zero-order chi connectivity index (χ0) is 13.8. The molecule has 0 bridgehead atoms. The van der Waals surface area contributed by atoms with Crippen LogP contribution >= 0.6 is 0 Å². The van der Waals surface area contributed by atoms with Gasteiger partial charge in [-0.1, -0.05) is 25.7 Å². The quantitative estimate of drug-likeness (QED) is 0.920. The highest BCUT2D eigenvalue weighted by Crippen LogP contribution is 2.26. The molecule has 1 aliphatic heterocycles. The van der Waals surface area contributed by atoms with Crippen molar-refractivity contribution in [3.05, 3.63) is 5.89 Å². The van der Waals surface area contributed by atoms with Crippen molar-refractivity contribution in [3.63, 3.8) is 0 Å². The first-order chi connectivity index (χ1) is 9.83. The molecule has 1 aromatic heterocycles. The van der Waals surface area contributed by atoms with Crippen LogP contribution in [0, 0.1) is 5.92 Å². The molecule has 1 aromatic rings. The lowest BCUT2D eigenvalue weighted by Crippen LogP contribution is -2.34. The van der Waals surface area contributed by atoms with Gasteiger partial charge in [0.15, 0.2) is 0 Å². The number of nitrogens with zero attached hydrogens (tertiary/aromatic N) is 3. The van der Waals surface area contributed by atoms with Crippen LogP contribution in [0.25, 0.3) is 0 Å². The van der Waals surface area contributed by atoms with E-state index in [1.807, 2.05) is 0 Å². The van der Waals surface area contributed by atoms with E-state index in [1.54, 1.807) is 0 Å². The summed E-state index contributed by atoms with van der Waals surface area (Å²) < 4.78 is 5.45. The lowest BCUT2D eigenvalue weighted by atomic mass is 9.83. The van der Waals surface area contributed by atoms with E-state index in [-0.39, 0.29) is 0 Å². The van der Waals surface area contributed by atoms with Crippen LogP contribution in [0.4, 0.5) is 5.95 Å². The van der Waals surface area contributed by atoms with Crippen LogP contribution in [0.15, 0.2) is 4.52 Å². The smallest absolute Gasteiger partial charge is 0.266 e. The molecule has 1 aliphatic carbocycles. The van der Waals surface area contributed by atoms with Gasteiger partial charge in [0.1, 0.15) is 0 Å². The maximum Gasteiger partial charge on any atom is 0.266 e. The maximum atomic E-state index is 6.20. The number of rotatable bonds is 3. The molecule has 2 unspecified atom stereocenters. The number of anilines is 1. The van der Waals surface area contributed by atoms with Crippen molar-refractivity contribution in [1.29, 1.82) is 0 Å². The molecule has 5 nitrogen and oxygen atoms in total. The summed E-state index contributed by atoms with van der Waals surface area (Å²) in [5.41, 5.74) is 6.20. The van der Waals surface area contributed by atoms with Crippen molar-refractivity contribution < 1.29 is 4.52 Å². The minimum atomic E-state index is 0.303. The highest BCUT2D eigenvalue weighted by Gasteiger charge is 2.25. The van der Waals surface area contributed by atoms with E-state index in [2.05, 4.69) is 15.0 Å². The molecule has 5 heteroatoms. The van der Waals surface area contributed by atoms with Gasteiger partial charge in [0.05, 0.1) is 0 Å². The molecule has 2 N–H and O–H groups in total. The van der Waals surface area contributed by atoms with Gasteiger partial charge in [-0.2, -0.15) is 4.98 Å². The maximum absolute atomic E-state index is 6.20. The molecule has 0 amide bonds. The van der Waals surface area contributed by atoms with Crippen molar-refractivity contribution in [2.24, 2.45) is 11.7 Å². The standard InChI is InChI=1S/C15H26N4O/c16-13-8-4-3-7-12(13)11-14-17-15(18-20-14)19-9-5-1-2-6-10-19/h12-13H,1-11,16H2. The Kier molecular flexibility index (Phi) is 4.55. The Bertz CT molecular complexity index is 412. The first-order valence-corrected chi connectivity index (χ1v) is 8.16. The summed E-state index contributed by atoms with van der Waals surface area (Å²) in [4.78, 5) is 6.86. The molecule has 3 rings (SSSR count). The number of hydrogen-bond donors (Lipinski definition) is 1. The molecule has 0 radical (unpaired) electrons. The third kappa shape index (κ3) is 3.32. The van der Waals surface area contributed by atoms with E-state index in [0.29, 0.717) is 12.0 Å². The van der Waals surface area contributed by atoms with Gasteiger partial charge in [-0.05, 0) is 36.8 Å². The van der Waals surface area contributed by atoms with Crippen LogP contribution in [0.5, 0.6) is 0 Å². The largest absolute Gasteiger partial charge is 0.338 e. The minimum absolute atomic E-state index is 0.303. The Balaban J connectivity index is 1.60. The Hall–Kier alpha value is -1.10. The third-order valence-corrected chi connectivity index (χ3v) is 4.75. The summed E-state index contributed by atoms with van der Waals surface area (Å²) in [5, 5.41) is 4.17. The molecule has 1 saturated carbocycles. The van der Waals surface area contributed by atoms with Gasteiger partial charge in [0, 0.05) is 25.6 Å². The number of nitrogens with two attached hydrogens (primary N) is 1. The van der Waals surface area contributed by atoms with Crippen molar-refractivity contribution in [2.75, 3.05) is 18.0 Å². The van der Waals surface area contributed by atoms with E-state index in [0.717, 1.165) is 37.8 Å². The molecule has 0 spiro atoms. The monoisotopic (exact) mass is 278 g/mol. The SMILES string of the molecule is NC1CCCCC1Cc1nc(N2CCCCCC2)no1. The third-order valence-electron chi connectivity index (χ3n) is 4.75. The molecular weight excluding hydrogens is 252 g/mol. The second kappa shape index (κ2) is 6.57. The van der Waals surface area contributed by atoms with Gasteiger partial charge in [-0.3, -0.25) is 0 Å². The van der Waals surface area contributed by atoms with Gasteiger partial charge in [-0.15, -0.1) is 0 Å². The van der Waals surface area contributed by atoms with Crippen molar-refractivity contribution in [2.45, 2.75) is 63.8 Å². The molecule has 2 heterocycles. The fourth-order valence-electron chi connectivity index (χ4n) is 3.44. The van der Waals surface area contributed by atoms with Crippen LogP contribution in [-0.4, -0.2) is 29.3 Å². The molecule has 20 heavy (non-hydrogen) atoms. The van der Waals surface area contributed by atoms with Crippen LogP contribution < -0.4 is 10.6 Å². The average molecular weight is 278 g/mol. The highest BCUT2D eigenvalue weighted by atomic mass is 16.5. The molecule has 2 aliphatic rings. The average Bonchev–Trinajstić information content (AvgIpc) is 2.74. The molecule has 2 fully saturated rings. The lowest BCUT2D eigenvalue weighted by molar-refractivity contribution is 0.273. The van der Waals surface area contributed by atoms with Crippen LogP contribution in [-0.2, 0) is 6.42 Å². The summed E-state index contributed by atoms with van der Waals surface area (Å²) in [6.45, 7) is 2.11. The van der Waals surface area contributed by atoms with Gasteiger partial charge >= 0.3 is 0 Å². The predicted molar refractivity (Wildman–Crippen MR) is 78.6 cm³/mol. The highest BCUT2D eigenvalue weighted by molar-refractivity contribution is 5.27. The first kappa shape index (κ1) is 13.9.